The van der Waals surface area contributed by atoms with Crippen LogP contribution in [-0.4, -0.2) is 17.8 Å². The fourth-order valence-electron chi connectivity index (χ4n) is 1.45. The van der Waals surface area contributed by atoms with Crippen molar-refractivity contribution in [1.29, 1.82) is 5.26 Å². The molecule has 2 nitrogen and oxygen atoms in total. The van der Waals surface area contributed by atoms with Gasteiger partial charge in [-0.3, -0.25) is 5.32 Å². The van der Waals surface area contributed by atoms with Crippen LogP contribution in [0.2, 0.25) is 10.0 Å². The van der Waals surface area contributed by atoms with Gasteiger partial charge in [0.2, 0.25) is 0 Å². The lowest BCUT2D eigenvalue weighted by Crippen LogP contribution is -2.33. The number of hydrogen-bond acceptors (Lipinski definition) is 3. The minimum Gasteiger partial charge on any atom is -0.300 e. The first kappa shape index (κ1) is 15.7. The van der Waals surface area contributed by atoms with Gasteiger partial charge in [0.15, 0.2) is 0 Å². The smallest absolute Gasteiger partial charge is 0.0962 e. The van der Waals surface area contributed by atoms with Crippen molar-refractivity contribution in [3.8, 4) is 6.07 Å². The van der Waals surface area contributed by atoms with E-state index in [0.29, 0.717) is 16.1 Å². The van der Waals surface area contributed by atoms with Crippen LogP contribution in [0.25, 0.3) is 0 Å². The Morgan fingerprint density at radius 2 is 2.06 bits per heavy atom. The Balaban J connectivity index is 2.41. The Kier molecular flexibility index (Phi) is 6.88. The highest BCUT2D eigenvalue weighted by atomic mass is 35.5. The largest absolute Gasteiger partial charge is 0.300 e. The Hall–Kier alpha value is -0.400. The molecule has 18 heavy (non-hydrogen) atoms. The molecule has 0 radical (unpaired) electrons. The Morgan fingerprint density at radius 1 is 1.33 bits per heavy atom. The number of nitriles is 1. The minimum absolute atomic E-state index is 0.0970. The fraction of sp³-hybridized carbons (Fsp3) is 0.462. The van der Waals surface area contributed by atoms with E-state index >= 15 is 0 Å². The summed E-state index contributed by atoms with van der Waals surface area (Å²) in [6.45, 7) is 4.08. The molecule has 0 saturated carbocycles. The number of thioether (sulfide) groups is 1. The van der Waals surface area contributed by atoms with E-state index in [-0.39, 0.29) is 6.04 Å². The maximum atomic E-state index is 8.99. The van der Waals surface area contributed by atoms with Crippen molar-refractivity contribution in [3.63, 3.8) is 0 Å². The molecule has 0 saturated heterocycles. The van der Waals surface area contributed by atoms with Crippen molar-refractivity contribution in [3.05, 3.63) is 28.2 Å². The number of hydrogen-bond donors (Lipinski definition) is 1. The van der Waals surface area contributed by atoms with E-state index in [0.717, 1.165) is 17.1 Å². The molecule has 0 aromatic heterocycles. The SMILES string of the molecule is CC(C)NC(C#N)CCSc1ccc(Cl)c(Cl)c1. The third-order valence-corrected chi connectivity index (χ3v) is 4.02. The molecule has 1 aromatic rings. The van der Waals surface area contributed by atoms with Gasteiger partial charge in [-0.1, -0.05) is 23.2 Å². The topological polar surface area (TPSA) is 35.8 Å². The predicted octanol–water partition coefficient (Wildman–Crippen LogP) is 4.37. The van der Waals surface area contributed by atoms with Crippen molar-refractivity contribution in [2.45, 2.75) is 37.2 Å². The lowest BCUT2D eigenvalue weighted by atomic mass is 10.2. The fourth-order valence-corrected chi connectivity index (χ4v) is 2.77. The zero-order valence-electron chi connectivity index (χ0n) is 10.4. The lowest BCUT2D eigenvalue weighted by Gasteiger charge is -2.14. The third-order valence-electron chi connectivity index (χ3n) is 2.26. The molecule has 1 rings (SSSR count). The molecular weight excluding hydrogens is 287 g/mol. The van der Waals surface area contributed by atoms with E-state index < -0.39 is 0 Å². The zero-order valence-corrected chi connectivity index (χ0v) is 12.7. The maximum absolute atomic E-state index is 8.99. The molecule has 0 spiro atoms. The highest BCUT2D eigenvalue weighted by Gasteiger charge is 2.08. The van der Waals surface area contributed by atoms with Crippen LogP contribution in [0.5, 0.6) is 0 Å². The standard InChI is InChI=1S/C13H16Cl2N2S/c1-9(2)17-10(8-16)5-6-18-11-3-4-12(14)13(15)7-11/h3-4,7,9-10,17H,5-6H2,1-2H3. The summed E-state index contributed by atoms with van der Waals surface area (Å²) in [5.41, 5.74) is 0. The molecule has 0 amide bonds. The summed E-state index contributed by atoms with van der Waals surface area (Å²) in [5, 5.41) is 13.3. The van der Waals surface area contributed by atoms with Crippen LogP contribution in [0.1, 0.15) is 20.3 Å². The van der Waals surface area contributed by atoms with Gasteiger partial charge < -0.3 is 0 Å². The summed E-state index contributed by atoms with van der Waals surface area (Å²) in [7, 11) is 0. The van der Waals surface area contributed by atoms with Gasteiger partial charge in [-0.05, 0) is 38.5 Å². The van der Waals surface area contributed by atoms with Crippen LogP contribution in [0.3, 0.4) is 0 Å². The van der Waals surface area contributed by atoms with E-state index in [1.54, 1.807) is 17.8 Å². The van der Waals surface area contributed by atoms with Crippen LogP contribution in [0.15, 0.2) is 23.1 Å². The zero-order chi connectivity index (χ0) is 13.5. The molecular formula is C13H16Cl2N2S. The third kappa shape index (κ3) is 5.49. The van der Waals surface area contributed by atoms with Crippen LogP contribution < -0.4 is 5.32 Å². The first-order valence-electron chi connectivity index (χ1n) is 5.76. The van der Waals surface area contributed by atoms with Crippen molar-refractivity contribution in [1.82, 2.24) is 5.32 Å². The van der Waals surface area contributed by atoms with Gasteiger partial charge in [0, 0.05) is 16.7 Å². The number of nitrogens with one attached hydrogen (secondary N) is 1. The van der Waals surface area contributed by atoms with Crippen LogP contribution >= 0.6 is 35.0 Å². The predicted molar refractivity (Wildman–Crippen MR) is 79.5 cm³/mol. The van der Waals surface area contributed by atoms with Crippen molar-refractivity contribution in [2.75, 3.05) is 5.75 Å². The minimum atomic E-state index is -0.0970. The van der Waals surface area contributed by atoms with Crippen LogP contribution in [0.4, 0.5) is 0 Å². The van der Waals surface area contributed by atoms with Crippen LogP contribution in [0, 0.1) is 11.3 Å². The van der Waals surface area contributed by atoms with Crippen molar-refractivity contribution in [2.24, 2.45) is 0 Å². The second-order valence-corrected chi connectivity index (χ2v) is 6.20. The van der Waals surface area contributed by atoms with Gasteiger partial charge in [0.25, 0.3) is 0 Å². The first-order chi connectivity index (χ1) is 8.52. The normalized spacial score (nSPS) is 12.4. The molecule has 0 aliphatic heterocycles. The first-order valence-corrected chi connectivity index (χ1v) is 7.50. The second kappa shape index (κ2) is 7.91. The van der Waals surface area contributed by atoms with Gasteiger partial charge in [0.05, 0.1) is 22.2 Å². The lowest BCUT2D eigenvalue weighted by molar-refractivity contribution is 0.522. The van der Waals surface area contributed by atoms with Gasteiger partial charge >= 0.3 is 0 Å². The summed E-state index contributed by atoms with van der Waals surface area (Å²) in [6, 6.07) is 8.08. The Morgan fingerprint density at radius 3 is 2.61 bits per heavy atom. The molecule has 0 bridgehead atoms. The highest BCUT2D eigenvalue weighted by Crippen LogP contribution is 2.28. The summed E-state index contributed by atoms with van der Waals surface area (Å²) in [6.07, 6.45) is 0.805. The molecule has 1 atom stereocenters. The maximum Gasteiger partial charge on any atom is 0.0962 e. The average Bonchev–Trinajstić information content (AvgIpc) is 2.32. The molecule has 1 unspecified atom stereocenters. The molecule has 0 fully saturated rings. The van der Waals surface area contributed by atoms with Crippen molar-refractivity contribution < 1.29 is 0 Å². The van der Waals surface area contributed by atoms with Gasteiger partial charge in [0.1, 0.15) is 0 Å². The molecule has 1 N–H and O–H groups in total. The molecule has 0 aliphatic carbocycles. The van der Waals surface area contributed by atoms with Gasteiger partial charge in [-0.2, -0.15) is 5.26 Å². The monoisotopic (exact) mass is 302 g/mol. The molecule has 0 heterocycles. The van der Waals surface area contributed by atoms with E-state index in [2.05, 4.69) is 11.4 Å². The average molecular weight is 303 g/mol. The molecule has 0 aliphatic rings. The Bertz CT molecular complexity index is 429. The van der Waals surface area contributed by atoms with Crippen LogP contribution in [-0.2, 0) is 0 Å². The van der Waals surface area contributed by atoms with Crippen molar-refractivity contribution >= 4 is 35.0 Å². The summed E-state index contributed by atoms with van der Waals surface area (Å²) in [4.78, 5) is 1.07. The van der Waals surface area contributed by atoms with E-state index in [1.807, 2.05) is 26.0 Å². The number of halogens is 2. The van der Waals surface area contributed by atoms with E-state index in [4.69, 9.17) is 28.5 Å². The summed E-state index contributed by atoms with van der Waals surface area (Å²) in [5.74, 6) is 0.871. The molecule has 5 heteroatoms. The number of rotatable bonds is 6. The van der Waals surface area contributed by atoms with E-state index in [9.17, 15) is 0 Å². The molecule has 1 aromatic carbocycles. The number of nitrogens with zero attached hydrogens (tertiary/aromatic N) is 1. The van der Waals surface area contributed by atoms with Gasteiger partial charge in [-0.15, -0.1) is 11.8 Å². The molecule has 98 valence electrons. The number of benzene rings is 1. The summed E-state index contributed by atoms with van der Waals surface area (Å²) >= 11 is 13.5. The van der Waals surface area contributed by atoms with E-state index in [1.165, 1.54) is 0 Å². The Labute approximate surface area is 123 Å². The second-order valence-electron chi connectivity index (χ2n) is 4.22. The highest BCUT2D eigenvalue weighted by molar-refractivity contribution is 7.99. The van der Waals surface area contributed by atoms with Gasteiger partial charge in [-0.25, -0.2) is 0 Å². The quantitative estimate of drug-likeness (QED) is 0.793. The summed E-state index contributed by atoms with van der Waals surface area (Å²) < 4.78 is 0.